The molecule has 1 aromatic heterocycles. The number of carbonyl (C=O) groups is 1. The lowest BCUT2D eigenvalue weighted by atomic mass is 10.1. The summed E-state index contributed by atoms with van der Waals surface area (Å²) in [6.07, 6.45) is 0.891. The van der Waals surface area contributed by atoms with Crippen LogP contribution in [0.5, 0.6) is 0 Å². The van der Waals surface area contributed by atoms with Crippen molar-refractivity contribution in [3.63, 3.8) is 0 Å². The van der Waals surface area contributed by atoms with Gasteiger partial charge in [-0.15, -0.1) is 0 Å². The van der Waals surface area contributed by atoms with Crippen LogP contribution in [0.1, 0.15) is 22.8 Å². The maximum atomic E-state index is 13.5. The van der Waals surface area contributed by atoms with E-state index in [2.05, 4.69) is 17.9 Å². The topological polar surface area (TPSA) is 45.7 Å². The van der Waals surface area contributed by atoms with E-state index in [1.807, 2.05) is 12.1 Å². The molecule has 1 fully saturated rings. The number of benzene rings is 2. The van der Waals surface area contributed by atoms with Crippen molar-refractivity contribution >= 4 is 55.8 Å². The van der Waals surface area contributed by atoms with Gasteiger partial charge in [0.2, 0.25) is 0 Å². The molecule has 0 radical (unpaired) electrons. The quantitative estimate of drug-likeness (QED) is 0.507. The summed E-state index contributed by atoms with van der Waals surface area (Å²) >= 11 is 14.0. The smallest absolute Gasteiger partial charge is 0.261 e. The van der Waals surface area contributed by atoms with Crippen LogP contribution in [0.2, 0.25) is 10.0 Å². The number of para-hydroxylation sites is 1. The van der Waals surface area contributed by atoms with Gasteiger partial charge in [0.15, 0.2) is 5.13 Å². The van der Waals surface area contributed by atoms with Crippen molar-refractivity contribution < 1.29 is 9.53 Å². The number of aryl methyl sites for hydroxylation is 1. The second kappa shape index (κ2) is 9.62. The van der Waals surface area contributed by atoms with E-state index in [-0.39, 0.29) is 5.91 Å². The van der Waals surface area contributed by atoms with Crippen molar-refractivity contribution in [2.45, 2.75) is 13.3 Å². The Morgan fingerprint density at radius 1 is 1.23 bits per heavy atom. The van der Waals surface area contributed by atoms with E-state index >= 15 is 0 Å². The number of fused-ring (bicyclic) bond motifs is 1. The zero-order valence-electron chi connectivity index (χ0n) is 16.7. The van der Waals surface area contributed by atoms with Crippen LogP contribution in [0.3, 0.4) is 0 Å². The third-order valence-electron chi connectivity index (χ3n) is 5.25. The molecule has 1 aliphatic heterocycles. The standard InChI is InChI=1S/C22H23Cl2N3O2S/c1-2-15-4-3-5-19-20(15)25-22(30-19)27(9-8-26-10-12-29-13-11-26)21(28)17-14-16(23)6-7-18(17)24/h3-7,14H,2,8-13H2,1H3. The number of hydrogen-bond donors (Lipinski definition) is 0. The van der Waals surface area contributed by atoms with Gasteiger partial charge in [-0.3, -0.25) is 14.6 Å². The summed E-state index contributed by atoms with van der Waals surface area (Å²) in [6.45, 7) is 6.53. The minimum atomic E-state index is -0.187. The number of ether oxygens (including phenoxy) is 1. The first-order valence-electron chi connectivity index (χ1n) is 10.0. The number of nitrogens with zero attached hydrogens (tertiary/aromatic N) is 3. The third-order valence-corrected chi connectivity index (χ3v) is 6.86. The van der Waals surface area contributed by atoms with Gasteiger partial charge in [-0.25, -0.2) is 4.98 Å². The minimum absolute atomic E-state index is 0.187. The summed E-state index contributed by atoms with van der Waals surface area (Å²) in [7, 11) is 0. The van der Waals surface area contributed by atoms with Gasteiger partial charge in [0.05, 0.1) is 34.0 Å². The Morgan fingerprint density at radius 2 is 2.03 bits per heavy atom. The molecule has 5 nitrogen and oxygen atoms in total. The van der Waals surface area contributed by atoms with Gasteiger partial charge in [-0.2, -0.15) is 0 Å². The maximum Gasteiger partial charge on any atom is 0.261 e. The zero-order valence-corrected chi connectivity index (χ0v) is 19.1. The van der Waals surface area contributed by atoms with Gasteiger partial charge in [-0.05, 0) is 36.2 Å². The summed E-state index contributed by atoms with van der Waals surface area (Å²) in [4.78, 5) is 22.4. The molecule has 0 atom stereocenters. The first-order valence-corrected chi connectivity index (χ1v) is 11.6. The number of amides is 1. The van der Waals surface area contributed by atoms with Crippen molar-refractivity contribution in [1.82, 2.24) is 9.88 Å². The molecule has 30 heavy (non-hydrogen) atoms. The largest absolute Gasteiger partial charge is 0.379 e. The molecule has 2 heterocycles. The van der Waals surface area contributed by atoms with E-state index in [4.69, 9.17) is 32.9 Å². The number of anilines is 1. The fourth-order valence-electron chi connectivity index (χ4n) is 3.55. The molecule has 0 bridgehead atoms. The average molecular weight is 464 g/mol. The number of hydrogen-bond acceptors (Lipinski definition) is 5. The highest BCUT2D eigenvalue weighted by atomic mass is 35.5. The predicted octanol–water partition coefficient (Wildman–Crippen LogP) is 5.14. The zero-order chi connectivity index (χ0) is 21.1. The van der Waals surface area contributed by atoms with Crippen LogP contribution in [0.15, 0.2) is 36.4 Å². The summed E-state index contributed by atoms with van der Waals surface area (Å²) in [5.74, 6) is -0.187. The van der Waals surface area contributed by atoms with Crippen LogP contribution in [0.25, 0.3) is 10.2 Å². The molecule has 0 aliphatic carbocycles. The summed E-state index contributed by atoms with van der Waals surface area (Å²) < 4.78 is 6.51. The van der Waals surface area contributed by atoms with Crippen LogP contribution in [0.4, 0.5) is 5.13 Å². The fourth-order valence-corrected chi connectivity index (χ4v) is 4.96. The first-order chi connectivity index (χ1) is 14.6. The molecule has 2 aromatic carbocycles. The first kappa shape index (κ1) is 21.5. The fraction of sp³-hybridized carbons (Fsp3) is 0.364. The highest BCUT2D eigenvalue weighted by molar-refractivity contribution is 7.22. The second-order valence-electron chi connectivity index (χ2n) is 7.15. The van der Waals surface area contributed by atoms with Crippen LogP contribution in [0, 0.1) is 0 Å². The number of thiazole rings is 1. The van der Waals surface area contributed by atoms with E-state index < -0.39 is 0 Å². The second-order valence-corrected chi connectivity index (χ2v) is 9.00. The van der Waals surface area contributed by atoms with Crippen molar-refractivity contribution in [2.75, 3.05) is 44.3 Å². The lowest BCUT2D eigenvalue weighted by Crippen LogP contribution is -2.43. The Balaban J connectivity index is 1.69. The molecule has 0 spiro atoms. The molecule has 1 amide bonds. The molecule has 1 aliphatic rings. The normalized spacial score (nSPS) is 14.9. The number of rotatable bonds is 6. The minimum Gasteiger partial charge on any atom is -0.379 e. The Bertz CT molecular complexity index is 1050. The molecule has 158 valence electrons. The number of morpholine rings is 1. The molecule has 8 heteroatoms. The van der Waals surface area contributed by atoms with E-state index in [0.29, 0.717) is 27.3 Å². The summed E-state index contributed by atoms with van der Waals surface area (Å²) in [6, 6.07) is 11.1. The SMILES string of the molecule is CCc1cccc2sc(N(CCN3CCOCC3)C(=O)c3cc(Cl)ccc3Cl)nc12. The van der Waals surface area contributed by atoms with Crippen LogP contribution in [-0.2, 0) is 11.2 Å². The molecule has 3 aromatic rings. The maximum absolute atomic E-state index is 13.5. The van der Waals surface area contributed by atoms with Crippen LogP contribution >= 0.6 is 34.5 Å². The lowest BCUT2D eigenvalue weighted by Gasteiger charge is -2.29. The highest BCUT2D eigenvalue weighted by Crippen LogP contribution is 2.33. The summed E-state index contributed by atoms with van der Waals surface area (Å²) in [5, 5.41) is 1.55. The Hall–Kier alpha value is -1.70. The molecule has 4 rings (SSSR count). The van der Waals surface area contributed by atoms with E-state index in [1.165, 1.54) is 16.9 Å². The van der Waals surface area contributed by atoms with Crippen LogP contribution in [-0.4, -0.2) is 55.2 Å². The molecule has 0 unspecified atom stereocenters. The van der Waals surface area contributed by atoms with Gasteiger partial charge >= 0.3 is 0 Å². The molecule has 0 N–H and O–H groups in total. The van der Waals surface area contributed by atoms with E-state index in [9.17, 15) is 4.79 Å². The average Bonchev–Trinajstić information content (AvgIpc) is 3.20. The highest BCUT2D eigenvalue weighted by Gasteiger charge is 2.25. The number of halogens is 2. The molecular weight excluding hydrogens is 441 g/mol. The Morgan fingerprint density at radius 3 is 2.80 bits per heavy atom. The number of aromatic nitrogens is 1. The monoisotopic (exact) mass is 463 g/mol. The van der Waals surface area contributed by atoms with E-state index in [1.54, 1.807) is 23.1 Å². The van der Waals surface area contributed by atoms with Gasteiger partial charge < -0.3 is 4.74 Å². The Labute approximate surface area is 190 Å². The predicted molar refractivity (Wildman–Crippen MR) is 124 cm³/mol. The van der Waals surface area contributed by atoms with Gasteiger partial charge in [0.1, 0.15) is 0 Å². The molecule has 0 saturated carbocycles. The van der Waals surface area contributed by atoms with Crippen molar-refractivity contribution in [3.8, 4) is 0 Å². The van der Waals surface area contributed by atoms with Gasteiger partial charge in [0.25, 0.3) is 5.91 Å². The third kappa shape index (κ3) is 4.63. The molecule has 1 saturated heterocycles. The summed E-state index contributed by atoms with van der Waals surface area (Å²) in [5.41, 5.74) is 2.53. The van der Waals surface area contributed by atoms with Crippen LogP contribution < -0.4 is 4.90 Å². The van der Waals surface area contributed by atoms with Gasteiger partial charge in [-0.1, -0.05) is 53.6 Å². The van der Waals surface area contributed by atoms with Crippen molar-refractivity contribution in [1.29, 1.82) is 0 Å². The van der Waals surface area contributed by atoms with Gasteiger partial charge in [0, 0.05) is 31.2 Å². The lowest BCUT2D eigenvalue weighted by molar-refractivity contribution is 0.0391. The number of carbonyl (C=O) groups excluding carboxylic acids is 1. The van der Waals surface area contributed by atoms with Crippen molar-refractivity contribution in [3.05, 3.63) is 57.6 Å². The molecular formula is C22H23Cl2N3O2S. The van der Waals surface area contributed by atoms with E-state index in [0.717, 1.165) is 49.5 Å². The Kier molecular flexibility index (Phi) is 6.91. The van der Waals surface area contributed by atoms with Crippen molar-refractivity contribution in [2.24, 2.45) is 0 Å².